The molecular formula is C24H29NO4. The van der Waals surface area contributed by atoms with Crippen molar-refractivity contribution in [2.75, 3.05) is 6.61 Å². The average molecular weight is 395 g/mol. The lowest BCUT2D eigenvalue weighted by Crippen LogP contribution is -2.45. The number of carbonyl (C=O) groups excluding carboxylic acids is 3. The zero-order valence-electron chi connectivity index (χ0n) is 18.0. The van der Waals surface area contributed by atoms with Gasteiger partial charge in [0.15, 0.2) is 6.61 Å². The molecule has 0 unspecified atom stereocenters. The topological polar surface area (TPSA) is 72.5 Å². The Kier molecular flexibility index (Phi) is 7.32. The van der Waals surface area contributed by atoms with Crippen molar-refractivity contribution in [3.8, 4) is 0 Å². The Morgan fingerprint density at radius 2 is 1.48 bits per heavy atom. The minimum Gasteiger partial charge on any atom is -0.456 e. The van der Waals surface area contributed by atoms with Crippen molar-refractivity contribution < 1.29 is 19.1 Å². The van der Waals surface area contributed by atoms with Gasteiger partial charge in [-0.05, 0) is 68.0 Å². The molecule has 154 valence electrons. The van der Waals surface area contributed by atoms with Crippen LogP contribution in [0.3, 0.4) is 0 Å². The fraction of sp³-hybridized carbons (Fsp3) is 0.375. The summed E-state index contributed by atoms with van der Waals surface area (Å²) in [5, 5.41) is 2.74. The van der Waals surface area contributed by atoms with Gasteiger partial charge in [-0.3, -0.25) is 9.59 Å². The molecule has 1 N–H and O–H groups in total. The van der Waals surface area contributed by atoms with Crippen LogP contribution < -0.4 is 5.32 Å². The van der Waals surface area contributed by atoms with Gasteiger partial charge in [-0.2, -0.15) is 0 Å². The number of benzene rings is 2. The molecule has 2 rings (SSSR count). The number of hydrogen-bond acceptors (Lipinski definition) is 4. The first kappa shape index (κ1) is 22.3. The third kappa shape index (κ3) is 5.53. The maximum atomic E-state index is 12.6. The predicted octanol–water partition coefficient (Wildman–Crippen LogP) is 4.10. The second-order valence-electron chi connectivity index (χ2n) is 7.79. The molecule has 0 heterocycles. The molecule has 0 radical (unpaired) electrons. The predicted molar refractivity (Wildman–Crippen MR) is 113 cm³/mol. The second kappa shape index (κ2) is 9.50. The summed E-state index contributed by atoms with van der Waals surface area (Å²) >= 11 is 0. The lowest BCUT2D eigenvalue weighted by atomic mass is 9.98. The van der Waals surface area contributed by atoms with Crippen LogP contribution in [0.4, 0.5) is 0 Å². The summed E-state index contributed by atoms with van der Waals surface area (Å²) in [6, 6.07) is 10.1. The number of Topliss-reactive ketones (excluding diaryl/α,β-unsaturated/α-hetero) is 1. The third-order valence-corrected chi connectivity index (χ3v) is 5.08. The first-order chi connectivity index (χ1) is 13.6. The summed E-state index contributed by atoms with van der Waals surface area (Å²) in [6.45, 7) is 10.9. The van der Waals surface area contributed by atoms with Crippen molar-refractivity contribution in [1.82, 2.24) is 5.32 Å². The van der Waals surface area contributed by atoms with Crippen LogP contribution in [-0.2, 0) is 9.53 Å². The van der Waals surface area contributed by atoms with Crippen LogP contribution in [0.15, 0.2) is 36.4 Å². The van der Waals surface area contributed by atoms with E-state index >= 15 is 0 Å². The fourth-order valence-electron chi connectivity index (χ4n) is 3.11. The van der Waals surface area contributed by atoms with E-state index in [4.69, 9.17) is 4.74 Å². The third-order valence-electron chi connectivity index (χ3n) is 5.08. The van der Waals surface area contributed by atoms with E-state index in [1.54, 1.807) is 12.1 Å². The number of rotatable bonds is 7. The van der Waals surface area contributed by atoms with E-state index in [2.05, 4.69) is 5.32 Å². The van der Waals surface area contributed by atoms with Gasteiger partial charge < -0.3 is 10.1 Å². The number of ketones is 1. The van der Waals surface area contributed by atoms with Gasteiger partial charge in [0.1, 0.15) is 6.04 Å². The second-order valence-corrected chi connectivity index (χ2v) is 7.79. The first-order valence-electron chi connectivity index (χ1n) is 9.76. The highest BCUT2D eigenvalue weighted by atomic mass is 16.5. The molecule has 2 aromatic rings. The van der Waals surface area contributed by atoms with Crippen LogP contribution in [-0.4, -0.2) is 30.3 Å². The number of nitrogens with one attached hydrogen (secondary N) is 1. The molecule has 2 aromatic carbocycles. The van der Waals surface area contributed by atoms with E-state index in [1.807, 2.05) is 65.8 Å². The monoisotopic (exact) mass is 395 g/mol. The summed E-state index contributed by atoms with van der Waals surface area (Å²) in [7, 11) is 0. The van der Waals surface area contributed by atoms with Gasteiger partial charge in [0.05, 0.1) is 0 Å². The van der Waals surface area contributed by atoms with Gasteiger partial charge in [-0.1, -0.05) is 38.1 Å². The first-order valence-corrected chi connectivity index (χ1v) is 9.76. The fourth-order valence-corrected chi connectivity index (χ4v) is 3.11. The zero-order chi connectivity index (χ0) is 21.7. The molecule has 0 aliphatic rings. The van der Waals surface area contributed by atoms with Gasteiger partial charge in [0.25, 0.3) is 5.91 Å². The molecule has 1 atom stereocenters. The Hall–Kier alpha value is -2.95. The Morgan fingerprint density at radius 3 is 2.10 bits per heavy atom. The highest BCUT2D eigenvalue weighted by Gasteiger charge is 2.27. The molecule has 0 aliphatic heterocycles. The van der Waals surface area contributed by atoms with Gasteiger partial charge in [0, 0.05) is 11.1 Å². The lowest BCUT2D eigenvalue weighted by molar-refractivity contribution is -0.145. The van der Waals surface area contributed by atoms with Crippen molar-refractivity contribution in [1.29, 1.82) is 0 Å². The maximum absolute atomic E-state index is 12.6. The number of carbonyl (C=O) groups is 3. The van der Waals surface area contributed by atoms with Crippen molar-refractivity contribution in [2.45, 2.75) is 47.6 Å². The molecule has 29 heavy (non-hydrogen) atoms. The standard InChI is InChI=1S/C24H29NO4/c1-14(2)22(25-23(27)19-10-8-7-9-15(19)3)24(28)29-13-21(26)20-12-17(5)16(4)11-18(20)6/h7-12,14,22H,13H2,1-6H3,(H,25,27)/t22-/m0/s1. The number of amides is 1. The smallest absolute Gasteiger partial charge is 0.329 e. The number of esters is 1. The molecule has 5 heteroatoms. The summed E-state index contributed by atoms with van der Waals surface area (Å²) in [5.74, 6) is -1.40. The lowest BCUT2D eigenvalue weighted by Gasteiger charge is -2.21. The molecule has 0 saturated heterocycles. The molecule has 0 spiro atoms. The van der Waals surface area contributed by atoms with Gasteiger partial charge in [-0.15, -0.1) is 0 Å². The molecule has 1 amide bonds. The van der Waals surface area contributed by atoms with Crippen LogP contribution in [0, 0.1) is 33.6 Å². The van der Waals surface area contributed by atoms with E-state index in [-0.39, 0.29) is 24.2 Å². The van der Waals surface area contributed by atoms with Gasteiger partial charge in [0.2, 0.25) is 5.78 Å². The normalized spacial score (nSPS) is 11.8. The van der Waals surface area contributed by atoms with Crippen molar-refractivity contribution in [3.63, 3.8) is 0 Å². The van der Waals surface area contributed by atoms with Crippen molar-refractivity contribution in [2.24, 2.45) is 5.92 Å². The van der Waals surface area contributed by atoms with Crippen LogP contribution in [0.5, 0.6) is 0 Å². The summed E-state index contributed by atoms with van der Waals surface area (Å²) < 4.78 is 5.27. The molecule has 0 aromatic heterocycles. The van der Waals surface area contributed by atoms with E-state index in [0.29, 0.717) is 11.1 Å². The zero-order valence-corrected chi connectivity index (χ0v) is 18.0. The van der Waals surface area contributed by atoms with Gasteiger partial charge >= 0.3 is 5.97 Å². The van der Waals surface area contributed by atoms with Crippen molar-refractivity contribution in [3.05, 3.63) is 69.8 Å². The van der Waals surface area contributed by atoms with Crippen LogP contribution >= 0.6 is 0 Å². The number of ether oxygens (including phenoxy) is 1. The molecule has 5 nitrogen and oxygen atoms in total. The molecule has 0 aliphatic carbocycles. The van der Waals surface area contributed by atoms with E-state index in [0.717, 1.165) is 22.3 Å². The minimum atomic E-state index is -0.837. The van der Waals surface area contributed by atoms with Crippen molar-refractivity contribution >= 4 is 17.7 Å². The largest absolute Gasteiger partial charge is 0.456 e. The molecular weight excluding hydrogens is 366 g/mol. The molecule has 0 bridgehead atoms. The summed E-state index contributed by atoms with van der Waals surface area (Å²) in [5.41, 5.74) is 4.84. The molecule has 0 saturated carbocycles. The Bertz CT molecular complexity index is 930. The molecule has 0 fully saturated rings. The highest BCUT2D eigenvalue weighted by molar-refractivity contribution is 6.00. The summed E-state index contributed by atoms with van der Waals surface area (Å²) in [6.07, 6.45) is 0. The highest BCUT2D eigenvalue weighted by Crippen LogP contribution is 2.16. The van der Waals surface area contributed by atoms with Crippen LogP contribution in [0.25, 0.3) is 0 Å². The van der Waals surface area contributed by atoms with E-state index in [9.17, 15) is 14.4 Å². The van der Waals surface area contributed by atoms with Gasteiger partial charge in [-0.25, -0.2) is 4.79 Å². The maximum Gasteiger partial charge on any atom is 0.329 e. The van der Waals surface area contributed by atoms with E-state index in [1.165, 1.54) is 0 Å². The quantitative estimate of drug-likeness (QED) is 0.566. The van der Waals surface area contributed by atoms with E-state index < -0.39 is 12.0 Å². The SMILES string of the molecule is Cc1cc(C)c(C(=O)COC(=O)[C@@H](NC(=O)c2ccccc2C)C(C)C)cc1C. The number of aryl methyl sites for hydroxylation is 4. The Labute approximate surface area is 172 Å². The Morgan fingerprint density at radius 1 is 0.862 bits per heavy atom. The average Bonchev–Trinajstić information content (AvgIpc) is 2.66. The summed E-state index contributed by atoms with van der Waals surface area (Å²) in [4.78, 5) is 37.7. The minimum absolute atomic E-state index is 0.186. The number of hydrogen-bond donors (Lipinski definition) is 1. The Balaban J connectivity index is 2.06. The van der Waals surface area contributed by atoms with Crippen LogP contribution in [0.2, 0.25) is 0 Å². The van der Waals surface area contributed by atoms with Crippen LogP contribution in [0.1, 0.15) is 56.8 Å².